The molecular weight excluding hydrogens is 618 g/mol. The molecule has 0 unspecified atom stereocenters. The Bertz CT molecular complexity index is 2100. The van der Waals surface area contributed by atoms with E-state index in [1.165, 1.54) is 20.6 Å². The van der Waals surface area contributed by atoms with Gasteiger partial charge in [0.1, 0.15) is 11.5 Å². The van der Waals surface area contributed by atoms with Crippen molar-refractivity contribution >= 4 is 57.8 Å². The summed E-state index contributed by atoms with van der Waals surface area (Å²) >= 11 is 0. The maximum atomic E-state index is 14.5. The minimum absolute atomic E-state index is 0.0140. The van der Waals surface area contributed by atoms with Crippen molar-refractivity contribution in [1.29, 1.82) is 5.26 Å². The van der Waals surface area contributed by atoms with E-state index in [1.54, 1.807) is 118 Å². The Morgan fingerprint density at radius 3 is 1.59 bits per heavy atom. The Morgan fingerprint density at radius 1 is 0.714 bits per heavy atom. The number of amides is 3. The number of aromatic nitrogens is 3. The molecule has 2 aromatic heterocycles. The molecule has 0 saturated carbocycles. The molecule has 6 rings (SSSR count). The van der Waals surface area contributed by atoms with Crippen LogP contribution in [-0.4, -0.2) is 32.6 Å². The maximum Gasteiger partial charge on any atom is 0.425 e. The highest BCUT2D eigenvalue weighted by Gasteiger charge is 2.30. The molecule has 2 heterocycles. The van der Waals surface area contributed by atoms with Gasteiger partial charge in [-0.1, -0.05) is 93.6 Å². The smallest absolute Gasteiger partial charge is 0.390 e. The molecule has 11 heteroatoms. The van der Waals surface area contributed by atoms with Gasteiger partial charge in [0.25, 0.3) is 0 Å². The van der Waals surface area contributed by atoms with Crippen LogP contribution in [0, 0.1) is 16.7 Å². The first-order valence-corrected chi connectivity index (χ1v) is 15.4. The number of para-hydroxylation sites is 4. The summed E-state index contributed by atoms with van der Waals surface area (Å²) in [7, 11) is 0. The van der Waals surface area contributed by atoms with Gasteiger partial charge in [0.15, 0.2) is 5.65 Å². The topological polar surface area (TPSA) is 133 Å². The third-order valence-electron chi connectivity index (χ3n) is 7.46. The highest BCUT2D eigenvalue weighted by Crippen LogP contribution is 2.34. The zero-order valence-corrected chi connectivity index (χ0v) is 26.9. The molecule has 0 aliphatic heterocycles. The SMILES string of the molecule is CC(C)(C)C(=O)Nc1nc(OC(=O)N(c2ccccc2)c2ccccc2)c2c(C#N)cn(C(=O)N(c3ccccc3)c3ccccc3)c2n1. The number of hydrogen-bond donors (Lipinski definition) is 1. The van der Waals surface area contributed by atoms with Crippen molar-refractivity contribution < 1.29 is 19.1 Å². The van der Waals surface area contributed by atoms with Crippen LogP contribution >= 0.6 is 0 Å². The molecule has 3 amide bonds. The number of carbonyl (C=O) groups is 3. The Hall–Kier alpha value is -6.80. The highest BCUT2D eigenvalue weighted by atomic mass is 16.6. The van der Waals surface area contributed by atoms with E-state index in [0.717, 1.165) is 0 Å². The predicted molar refractivity (Wildman–Crippen MR) is 187 cm³/mol. The van der Waals surface area contributed by atoms with E-state index in [9.17, 15) is 19.6 Å². The predicted octanol–water partition coefficient (Wildman–Crippen LogP) is 8.43. The largest absolute Gasteiger partial charge is 0.425 e. The van der Waals surface area contributed by atoms with E-state index in [4.69, 9.17) is 4.74 Å². The van der Waals surface area contributed by atoms with Gasteiger partial charge < -0.3 is 4.74 Å². The molecule has 1 N–H and O–H groups in total. The van der Waals surface area contributed by atoms with Crippen LogP contribution in [0.15, 0.2) is 128 Å². The second-order valence-electron chi connectivity index (χ2n) is 11.9. The minimum Gasteiger partial charge on any atom is -0.390 e. The van der Waals surface area contributed by atoms with Crippen molar-refractivity contribution in [2.24, 2.45) is 5.41 Å². The lowest BCUT2D eigenvalue weighted by molar-refractivity contribution is -0.123. The summed E-state index contributed by atoms with van der Waals surface area (Å²) in [6, 6.07) is 37.3. The van der Waals surface area contributed by atoms with Gasteiger partial charge in [0, 0.05) is 11.6 Å². The monoisotopic (exact) mass is 649 g/mol. The number of nitrogens with one attached hydrogen (secondary N) is 1. The average Bonchev–Trinajstić information content (AvgIpc) is 3.49. The van der Waals surface area contributed by atoms with Crippen molar-refractivity contribution in [2.45, 2.75) is 20.8 Å². The van der Waals surface area contributed by atoms with Crippen LogP contribution in [0.5, 0.6) is 5.88 Å². The maximum absolute atomic E-state index is 14.5. The molecular formula is C38H31N7O4. The first-order chi connectivity index (χ1) is 23.7. The Kier molecular flexibility index (Phi) is 8.87. The summed E-state index contributed by atoms with van der Waals surface area (Å²) in [5.74, 6) is -0.951. The molecule has 11 nitrogen and oxygen atoms in total. The fourth-order valence-electron chi connectivity index (χ4n) is 5.02. The summed E-state index contributed by atoms with van der Waals surface area (Å²) in [5, 5.41) is 13.0. The molecule has 0 aliphatic carbocycles. The van der Waals surface area contributed by atoms with E-state index in [-0.39, 0.29) is 28.4 Å². The molecule has 4 aromatic carbocycles. The van der Waals surface area contributed by atoms with E-state index >= 15 is 0 Å². The normalized spacial score (nSPS) is 11.0. The van der Waals surface area contributed by atoms with Gasteiger partial charge in [-0.05, 0) is 48.5 Å². The van der Waals surface area contributed by atoms with E-state index < -0.39 is 23.4 Å². The standard InChI is InChI=1S/C38H31N7O4/c1-38(2,3)34(46)42-35-40-32-31(33(41-35)49-37(48)45(29-20-12-6-13-21-29)30-22-14-7-15-23-30)26(24-39)25-43(32)36(47)44(27-16-8-4-9-17-27)28-18-10-5-11-19-28/h4-23,25H,1-3H3,(H,40,41,42,46). The number of benzene rings is 4. The Morgan fingerprint density at radius 2 is 1.16 bits per heavy atom. The summed E-state index contributed by atoms with van der Waals surface area (Å²) < 4.78 is 7.15. The second-order valence-corrected chi connectivity index (χ2v) is 11.9. The third-order valence-corrected chi connectivity index (χ3v) is 7.46. The number of ether oxygens (including phenoxy) is 1. The first-order valence-electron chi connectivity index (χ1n) is 15.4. The summed E-state index contributed by atoms with van der Waals surface area (Å²) in [4.78, 5) is 53.4. The molecule has 49 heavy (non-hydrogen) atoms. The zero-order chi connectivity index (χ0) is 34.5. The summed E-state index contributed by atoms with van der Waals surface area (Å²) in [6.45, 7) is 5.16. The number of hydrogen-bond acceptors (Lipinski definition) is 7. The number of carbonyl (C=O) groups excluding carboxylic acids is 3. The molecule has 0 aliphatic rings. The molecule has 0 fully saturated rings. The molecule has 6 aromatic rings. The fraction of sp³-hybridized carbons (Fsp3) is 0.105. The summed E-state index contributed by atoms with van der Waals surface area (Å²) in [5.41, 5.74) is 1.24. The van der Waals surface area contributed by atoms with Crippen molar-refractivity contribution in [3.8, 4) is 11.9 Å². The van der Waals surface area contributed by atoms with Crippen LogP contribution in [0.1, 0.15) is 26.3 Å². The highest BCUT2D eigenvalue weighted by molar-refractivity contribution is 6.07. The zero-order valence-electron chi connectivity index (χ0n) is 26.9. The van der Waals surface area contributed by atoms with Crippen molar-refractivity contribution in [2.75, 3.05) is 15.1 Å². The number of nitrogens with zero attached hydrogens (tertiary/aromatic N) is 6. The van der Waals surface area contributed by atoms with Gasteiger partial charge in [0.05, 0.1) is 28.3 Å². The number of rotatable bonds is 6. The minimum atomic E-state index is -0.844. The van der Waals surface area contributed by atoms with E-state index in [0.29, 0.717) is 22.7 Å². The van der Waals surface area contributed by atoms with Gasteiger partial charge >= 0.3 is 12.1 Å². The fourth-order valence-corrected chi connectivity index (χ4v) is 5.02. The summed E-state index contributed by atoms with van der Waals surface area (Å²) in [6.07, 6.45) is 0.475. The number of fused-ring (bicyclic) bond motifs is 1. The second kappa shape index (κ2) is 13.5. The van der Waals surface area contributed by atoms with Crippen LogP contribution in [0.4, 0.5) is 38.3 Å². The quantitative estimate of drug-likeness (QED) is 0.191. The molecule has 0 atom stereocenters. The number of anilines is 5. The van der Waals surface area contributed by atoms with Gasteiger partial charge in [0.2, 0.25) is 17.7 Å². The van der Waals surface area contributed by atoms with Crippen molar-refractivity contribution in [3.05, 3.63) is 133 Å². The third kappa shape index (κ3) is 6.70. The van der Waals surface area contributed by atoms with Gasteiger partial charge in [-0.25, -0.2) is 14.5 Å². The van der Waals surface area contributed by atoms with Crippen molar-refractivity contribution in [3.63, 3.8) is 0 Å². The van der Waals surface area contributed by atoms with Crippen LogP contribution in [0.25, 0.3) is 11.0 Å². The number of nitriles is 1. The Labute approximate surface area is 282 Å². The van der Waals surface area contributed by atoms with Crippen LogP contribution in [-0.2, 0) is 4.79 Å². The van der Waals surface area contributed by atoms with E-state index in [1.807, 2.05) is 24.3 Å². The lowest BCUT2D eigenvalue weighted by Crippen LogP contribution is -2.31. The lowest BCUT2D eigenvalue weighted by atomic mass is 9.96. The molecule has 0 radical (unpaired) electrons. The van der Waals surface area contributed by atoms with Crippen LogP contribution < -0.4 is 19.9 Å². The Balaban J connectivity index is 1.53. The van der Waals surface area contributed by atoms with Crippen LogP contribution in [0.3, 0.4) is 0 Å². The molecule has 0 spiro atoms. The molecule has 242 valence electrons. The van der Waals surface area contributed by atoms with Gasteiger partial charge in [-0.2, -0.15) is 15.2 Å². The molecule has 0 saturated heterocycles. The van der Waals surface area contributed by atoms with Gasteiger partial charge in [-0.15, -0.1) is 0 Å². The van der Waals surface area contributed by atoms with Crippen molar-refractivity contribution in [1.82, 2.24) is 14.5 Å². The average molecular weight is 650 g/mol. The lowest BCUT2D eigenvalue weighted by Gasteiger charge is -2.24. The van der Waals surface area contributed by atoms with Gasteiger partial charge in [-0.3, -0.25) is 19.6 Å². The van der Waals surface area contributed by atoms with Crippen LogP contribution in [0.2, 0.25) is 0 Å². The first kappa shape index (κ1) is 32.2. The van der Waals surface area contributed by atoms with E-state index in [2.05, 4.69) is 21.4 Å². The molecule has 0 bridgehead atoms.